The number of rotatable bonds is 5. The largest absolute Gasteiger partial charge is 0.310 e. The van der Waals surface area contributed by atoms with E-state index in [2.05, 4.69) is 19.2 Å². The van der Waals surface area contributed by atoms with Gasteiger partial charge in [0.15, 0.2) is 9.84 Å². The SMILES string of the molecule is CC1CCC(NCc2ccccc2CS(C)(=O)=O)C(C)C1. The molecule has 1 aliphatic carbocycles. The number of benzene rings is 1. The summed E-state index contributed by atoms with van der Waals surface area (Å²) in [7, 11) is -2.99. The van der Waals surface area contributed by atoms with Crippen LogP contribution in [0.15, 0.2) is 24.3 Å². The van der Waals surface area contributed by atoms with Gasteiger partial charge in [-0.1, -0.05) is 38.1 Å². The van der Waals surface area contributed by atoms with Crippen LogP contribution in [0, 0.1) is 11.8 Å². The highest BCUT2D eigenvalue weighted by Gasteiger charge is 2.24. The van der Waals surface area contributed by atoms with Crippen molar-refractivity contribution in [1.29, 1.82) is 0 Å². The molecule has 2 rings (SSSR count). The molecule has 0 radical (unpaired) electrons. The summed E-state index contributed by atoms with van der Waals surface area (Å²) in [4.78, 5) is 0. The maximum absolute atomic E-state index is 11.5. The molecular formula is C17H27NO2S. The summed E-state index contributed by atoms with van der Waals surface area (Å²) in [5.41, 5.74) is 2.03. The molecule has 0 bridgehead atoms. The van der Waals surface area contributed by atoms with Crippen LogP contribution in [0.25, 0.3) is 0 Å². The quantitative estimate of drug-likeness (QED) is 0.909. The summed E-state index contributed by atoms with van der Waals surface area (Å²) in [6.45, 7) is 5.40. The second kappa shape index (κ2) is 6.93. The second-order valence-corrected chi connectivity index (χ2v) is 8.86. The fourth-order valence-corrected chi connectivity index (χ4v) is 4.21. The summed E-state index contributed by atoms with van der Waals surface area (Å²) in [6.07, 6.45) is 5.08. The zero-order valence-electron chi connectivity index (χ0n) is 13.3. The van der Waals surface area contributed by atoms with Crippen LogP contribution in [0.1, 0.15) is 44.2 Å². The summed E-state index contributed by atoms with van der Waals surface area (Å²) in [5, 5.41) is 3.64. The van der Waals surface area contributed by atoms with E-state index in [-0.39, 0.29) is 5.75 Å². The maximum Gasteiger partial charge on any atom is 0.151 e. The first-order valence-electron chi connectivity index (χ1n) is 7.83. The third-order valence-corrected chi connectivity index (χ3v) is 5.36. The van der Waals surface area contributed by atoms with E-state index in [1.807, 2.05) is 24.3 Å². The first-order chi connectivity index (χ1) is 9.85. The average Bonchev–Trinajstić information content (AvgIpc) is 2.37. The molecule has 3 atom stereocenters. The third kappa shape index (κ3) is 5.11. The van der Waals surface area contributed by atoms with Crippen molar-refractivity contribution in [3.05, 3.63) is 35.4 Å². The minimum Gasteiger partial charge on any atom is -0.310 e. The van der Waals surface area contributed by atoms with E-state index in [1.54, 1.807) is 0 Å². The van der Waals surface area contributed by atoms with Gasteiger partial charge in [-0.3, -0.25) is 0 Å². The van der Waals surface area contributed by atoms with Gasteiger partial charge in [0.25, 0.3) is 0 Å². The van der Waals surface area contributed by atoms with E-state index in [4.69, 9.17) is 0 Å². The van der Waals surface area contributed by atoms with Crippen molar-refractivity contribution in [1.82, 2.24) is 5.32 Å². The van der Waals surface area contributed by atoms with Crippen molar-refractivity contribution in [2.24, 2.45) is 11.8 Å². The molecule has 0 amide bonds. The van der Waals surface area contributed by atoms with Crippen molar-refractivity contribution < 1.29 is 8.42 Å². The molecule has 0 aliphatic heterocycles. The Kier molecular flexibility index (Phi) is 5.44. The van der Waals surface area contributed by atoms with Crippen molar-refractivity contribution in [2.45, 2.75) is 51.4 Å². The molecule has 0 spiro atoms. The van der Waals surface area contributed by atoms with Crippen LogP contribution in [0.4, 0.5) is 0 Å². The Bertz CT molecular complexity index is 568. The molecule has 0 heterocycles. The summed E-state index contributed by atoms with van der Waals surface area (Å²) in [5.74, 6) is 1.65. The molecule has 1 aromatic rings. The highest BCUT2D eigenvalue weighted by atomic mass is 32.2. The molecule has 1 N–H and O–H groups in total. The van der Waals surface area contributed by atoms with Crippen molar-refractivity contribution in [3.63, 3.8) is 0 Å². The number of sulfone groups is 1. The summed E-state index contributed by atoms with van der Waals surface area (Å²) >= 11 is 0. The van der Waals surface area contributed by atoms with E-state index in [9.17, 15) is 8.42 Å². The van der Waals surface area contributed by atoms with E-state index in [0.29, 0.717) is 12.0 Å². The van der Waals surface area contributed by atoms with E-state index in [1.165, 1.54) is 25.5 Å². The van der Waals surface area contributed by atoms with Crippen LogP contribution in [0.5, 0.6) is 0 Å². The minimum absolute atomic E-state index is 0.127. The summed E-state index contributed by atoms with van der Waals surface area (Å²) < 4.78 is 23.1. The monoisotopic (exact) mass is 309 g/mol. The van der Waals surface area contributed by atoms with Crippen molar-refractivity contribution >= 4 is 9.84 Å². The zero-order valence-corrected chi connectivity index (χ0v) is 14.1. The third-order valence-electron chi connectivity index (χ3n) is 4.52. The molecule has 1 saturated carbocycles. The van der Waals surface area contributed by atoms with Crippen LogP contribution in [0.3, 0.4) is 0 Å². The van der Waals surface area contributed by atoms with Gasteiger partial charge in [0.05, 0.1) is 5.75 Å². The first-order valence-corrected chi connectivity index (χ1v) is 9.89. The molecule has 3 unspecified atom stereocenters. The lowest BCUT2D eigenvalue weighted by atomic mass is 9.80. The highest BCUT2D eigenvalue weighted by molar-refractivity contribution is 7.89. The molecule has 1 fully saturated rings. The van der Waals surface area contributed by atoms with Gasteiger partial charge < -0.3 is 5.32 Å². The van der Waals surface area contributed by atoms with Crippen LogP contribution in [-0.2, 0) is 22.1 Å². The van der Waals surface area contributed by atoms with Gasteiger partial charge in [0.1, 0.15) is 0 Å². The molecule has 0 aromatic heterocycles. The van der Waals surface area contributed by atoms with E-state index < -0.39 is 9.84 Å². The normalized spacial score (nSPS) is 26.7. The molecule has 3 nitrogen and oxygen atoms in total. The van der Waals surface area contributed by atoms with Gasteiger partial charge in [-0.2, -0.15) is 0 Å². The lowest BCUT2D eigenvalue weighted by Gasteiger charge is -2.33. The second-order valence-electron chi connectivity index (χ2n) is 6.72. The van der Waals surface area contributed by atoms with Crippen LogP contribution in [0.2, 0.25) is 0 Å². The predicted octanol–water partition coefficient (Wildman–Crippen LogP) is 3.15. The van der Waals surface area contributed by atoms with E-state index in [0.717, 1.165) is 23.6 Å². The Morgan fingerprint density at radius 1 is 1.14 bits per heavy atom. The molecule has 1 aliphatic rings. The van der Waals surface area contributed by atoms with Gasteiger partial charge >= 0.3 is 0 Å². The lowest BCUT2D eigenvalue weighted by molar-refractivity contribution is 0.227. The first kappa shape index (κ1) is 16.5. The smallest absolute Gasteiger partial charge is 0.151 e. The van der Waals surface area contributed by atoms with E-state index >= 15 is 0 Å². The Hall–Kier alpha value is -0.870. The fourth-order valence-electron chi connectivity index (χ4n) is 3.36. The van der Waals surface area contributed by atoms with Gasteiger partial charge in [0, 0.05) is 18.8 Å². The Labute approximate surface area is 129 Å². The van der Waals surface area contributed by atoms with Gasteiger partial charge in [0.2, 0.25) is 0 Å². The highest BCUT2D eigenvalue weighted by Crippen LogP contribution is 2.28. The molecular weight excluding hydrogens is 282 g/mol. The van der Waals surface area contributed by atoms with Crippen LogP contribution >= 0.6 is 0 Å². The standard InChI is InChI=1S/C17H27NO2S/c1-13-8-9-17(14(2)10-13)18-11-15-6-4-5-7-16(15)12-21(3,19)20/h4-7,13-14,17-18H,8-12H2,1-3H3. The van der Waals surface area contributed by atoms with Crippen LogP contribution in [-0.4, -0.2) is 20.7 Å². The fraction of sp³-hybridized carbons (Fsp3) is 0.647. The zero-order chi connectivity index (χ0) is 15.5. The topological polar surface area (TPSA) is 46.2 Å². The molecule has 0 saturated heterocycles. The summed E-state index contributed by atoms with van der Waals surface area (Å²) in [6, 6.07) is 8.39. The van der Waals surface area contributed by atoms with Gasteiger partial charge in [-0.25, -0.2) is 8.42 Å². The number of nitrogens with one attached hydrogen (secondary N) is 1. The Morgan fingerprint density at radius 3 is 2.43 bits per heavy atom. The lowest BCUT2D eigenvalue weighted by Crippen LogP contribution is -2.38. The molecule has 21 heavy (non-hydrogen) atoms. The predicted molar refractivity (Wildman–Crippen MR) is 87.8 cm³/mol. The molecule has 118 valence electrons. The maximum atomic E-state index is 11.5. The average molecular weight is 309 g/mol. The Balaban J connectivity index is 2.00. The van der Waals surface area contributed by atoms with Crippen molar-refractivity contribution in [3.8, 4) is 0 Å². The van der Waals surface area contributed by atoms with Gasteiger partial charge in [-0.15, -0.1) is 0 Å². The van der Waals surface area contributed by atoms with Crippen molar-refractivity contribution in [2.75, 3.05) is 6.26 Å². The molecule has 1 aromatic carbocycles. The minimum atomic E-state index is -2.99. The van der Waals surface area contributed by atoms with Crippen LogP contribution < -0.4 is 5.32 Å². The molecule has 4 heteroatoms. The number of hydrogen-bond acceptors (Lipinski definition) is 3. The number of hydrogen-bond donors (Lipinski definition) is 1. The Morgan fingerprint density at radius 2 is 1.81 bits per heavy atom. The van der Waals surface area contributed by atoms with Gasteiger partial charge in [-0.05, 0) is 42.2 Å².